The van der Waals surface area contributed by atoms with Crippen molar-refractivity contribution in [2.75, 3.05) is 39.3 Å². The number of aryl methyl sites for hydroxylation is 1. The van der Waals surface area contributed by atoms with Crippen LogP contribution in [-0.2, 0) is 19.4 Å². The van der Waals surface area contributed by atoms with E-state index in [0.717, 1.165) is 69.7 Å². The molecule has 0 amide bonds. The Bertz CT molecular complexity index is 733. The second-order valence-corrected chi connectivity index (χ2v) is 9.12. The quantitative estimate of drug-likeness (QED) is 0.325. The molecule has 0 unspecified atom stereocenters. The van der Waals surface area contributed by atoms with Crippen molar-refractivity contribution in [3.63, 3.8) is 0 Å². The second-order valence-electron chi connectivity index (χ2n) is 8.09. The minimum absolute atomic E-state index is 0.805. The lowest BCUT2D eigenvalue weighted by Crippen LogP contribution is -2.40. The summed E-state index contributed by atoms with van der Waals surface area (Å²) in [6.45, 7) is 11.5. The third-order valence-electron chi connectivity index (χ3n) is 5.68. The number of guanidine groups is 1. The van der Waals surface area contributed by atoms with Crippen molar-refractivity contribution in [2.24, 2.45) is 10.9 Å². The SMILES string of the molecule is CCc1nncn1CCNC(=NCCCN1CCC(C)CC1)NCCc1cccs1. The van der Waals surface area contributed by atoms with Gasteiger partial charge in [0.2, 0.25) is 0 Å². The zero-order valence-electron chi connectivity index (χ0n) is 18.5. The van der Waals surface area contributed by atoms with Crippen molar-refractivity contribution in [3.05, 3.63) is 34.5 Å². The summed E-state index contributed by atoms with van der Waals surface area (Å²) in [5.74, 6) is 2.82. The van der Waals surface area contributed by atoms with Gasteiger partial charge >= 0.3 is 0 Å². The van der Waals surface area contributed by atoms with Gasteiger partial charge in [-0.2, -0.15) is 0 Å². The number of likely N-dealkylation sites (tertiary alicyclic amines) is 1. The molecule has 0 spiro atoms. The minimum Gasteiger partial charge on any atom is -0.356 e. The molecule has 30 heavy (non-hydrogen) atoms. The van der Waals surface area contributed by atoms with Gasteiger partial charge in [-0.3, -0.25) is 4.99 Å². The van der Waals surface area contributed by atoms with Crippen molar-refractivity contribution < 1.29 is 0 Å². The van der Waals surface area contributed by atoms with Crippen LogP contribution in [0.4, 0.5) is 0 Å². The molecule has 8 heteroatoms. The number of nitrogens with one attached hydrogen (secondary N) is 2. The van der Waals surface area contributed by atoms with Crippen molar-refractivity contribution in [3.8, 4) is 0 Å². The number of rotatable bonds is 11. The highest BCUT2D eigenvalue weighted by molar-refractivity contribution is 7.09. The third kappa shape index (κ3) is 7.72. The maximum atomic E-state index is 4.83. The molecule has 1 saturated heterocycles. The largest absolute Gasteiger partial charge is 0.356 e. The van der Waals surface area contributed by atoms with Crippen LogP contribution in [0, 0.1) is 5.92 Å². The van der Waals surface area contributed by atoms with E-state index in [4.69, 9.17) is 4.99 Å². The van der Waals surface area contributed by atoms with Crippen molar-refractivity contribution in [1.29, 1.82) is 0 Å². The molecular formula is C22H37N7S. The number of nitrogens with zero attached hydrogens (tertiary/aromatic N) is 5. The van der Waals surface area contributed by atoms with E-state index in [1.165, 1.54) is 30.8 Å². The van der Waals surface area contributed by atoms with Gasteiger partial charge in [0.15, 0.2) is 5.96 Å². The fourth-order valence-electron chi connectivity index (χ4n) is 3.74. The molecular weight excluding hydrogens is 394 g/mol. The Kier molecular flexibility index (Phi) is 9.63. The highest BCUT2D eigenvalue weighted by Crippen LogP contribution is 2.15. The van der Waals surface area contributed by atoms with Crippen LogP contribution in [0.25, 0.3) is 0 Å². The molecule has 0 bridgehead atoms. The van der Waals surface area contributed by atoms with Crippen molar-refractivity contribution >= 4 is 17.3 Å². The summed E-state index contributed by atoms with van der Waals surface area (Å²) >= 11 is 1.81. The normalized spacial score (nSPS) is 16.1. The lowest BCUT2D eigenvalue weighted by molar-refractivity contribution is 0.192. The lowest BCUT2D eigenvalue weighted by atomic mass is 9.99. The minimum atomic E-state index is 0.805. The Labute approximate surface area is 185 Å². The average molecular weight is 432 g/mol. The molecule has 2 N–H and O–H groups in total. The van der Waals surface area contributed by atoms with E-state index in [-0.39, 0.29) is 0 Å². The lowest BCUT2D eigenvalue weighted by Gasteiger charge is -2.29. The average Bonchev–Trinajstić information content (AvgIpc) is 3.44. The molecule has 0 saturated carbocycles. The fraction of sp³-hybridized carbons (Fsp3) is 0.682. The van der Waals surface area contributed by atoms with Gasteiger partial charge in [0.05, 0.1) is 0 Å². The number of aliphatic imine (C=N–C) groups is 1. The summed E-state index contributed by atoms with van der Waals surface area (Å²) < 4.78 is 2.10. The molecule has 0 atom stereocenters. The van der Waals surface area contributed by atoms with Crippen molar-refractivity contribution in [2.45, 2.75) is 52.5 Å². The number of thiophene rings is 1. The molecule has 0 aromatic carbocycles. The topological polar surface area (TPSA) is 70.4 Å². The van der Waals surface area contributed by atoms with Gasteiger partial charge in [0.1, 0.15) is 12.2 Å². The van der Waals surface area contributed by atoms with E-state index in [2.05, 4.69) is 61.7 Å². The molecule has 7 nitrogen and oxygen atoms in total. The Morgan fingerprint density at radius 1 is 1.23 bits per heavy atom. The standard InChI is InChI=1S/C22H37N7S/c1-3-21-27-26-18-29(21)16-12-25-22(24-11-7-20-6-4-17-30-20)23-10-5-13-28-14-8-19(2)9-15-28/h4,6,17-19H,3,5,7-16H2,1-2H3,(H2,23,24,25). The summed E-state index contributed by atoms with van der Waals surface area (Å²) in [5.41, 5.74) is 0. The molecule has 0 aliphatic carbocycles. The van der Waals surface area contributed by atoms with Crippen LogP contribution >= 0.6 is 11.3 Å². The first-order valence-electron chi connectivity index (χ1n) is 11.4. The van der Waals surface area contributed by atoms with Gasteiger partial charge in [-0.05, 0) is 62.7 Å². The molecule has 2 aromatic rings. The van der Waals surface area contributed by atoms with E-state index >= 15 is 0 Å². The molecule has 3 rings (SSSR count). The molecule has 1 aliphatic heterocycles. The zero-order chi connectivity index (χ0) is 21.0. The smallest absolute Gasteiger partial charge is 0.191 e. The van der Waals surface area contributed by atoms with Gasteiger partial charge in [0.25, 0.3) is 0 Å². The van der Waals surface area contributed by atoms with Crippen LogP contribution in [0.1, 0.15) is 43.8 Å². The van der Waals surface area contributed by atoms with E-state index in [1.807, 2.05) is 11.3 Å². The maximum absolute atomic E-state index is 4.83. The summed E-state index contributed by atoms with van der Waals surface area (Å²) in [4.78, 5) is 8.82. The van der Waals surface area contributed by atoms with Gasteiger partial charge in [-0.25, -0.2) is 0 Å². The first-order valence-corrected chi connectivity index (χ1v) is 12.3. The van der Waals surface area contributed by atoms with Crippen LogP contribution in [0.5, 0.6) is 0 Å². The molecule has 3 heterocycles. The predicted molar refractivity (Wildman–Crippen MR) is 125 cm³/mol. The Balaban J connectivity index is 1.43. The molecule has 1 aliphatic rings. The fourth-order valence-corrected chi connectivity index (χ4v) is 4.45. The monoisotopic (exact) mass is 431 g/mol. The third-order valence-corrected chi connectivity index (χ3v) is 6.62. The Hall–Kier alpha value is -1.93. The predicted octanol–water partition coefficient (Wildman–Crippen LogP) is 2.80. The Morgan fingerprint density at radius 3 is 2.83 bits per heavy atom. The van der Waals surface area contributed by atoms with Gasteiger partial charge in [-0.15, -0.1) is 21.5 Å². The molecule has 166 valence electrons. The molecule has 0 radical (unpaired) electrons. The van der Waals surface area contributed by atoms with Gasteiger partial charge < -0.3 is 20.1 Å². The number of hydrogen-bond acceptors (Lipinski definition) is 5. The van der Waals surface area contributed by atoms with Crippen LogP contribution < -0.4 is 10.6 Å². The summed E-state index contributed by atoms with van der Waals surface area (Å²) in [5, 5.41) is 17.3. The van der Waals surface area contributed by atoms with E-state index in [1.54, 1.807) is 6.33 Å². The zero-order valence-corrected chi connectivity index (χ0v) is 19.3. The van der Waals surface area contributed by atoms with E-state index < -0.39 is 0 Å². The summed E-state index contributed by atoms with van der Waals surface area (Å²) in [7, 11) is 0. The molecule has 2 aromatic heterocycles. The highest BCUT2D eigenvalue weighted by Gasteiger charge is 2.14. The van der Waals surface area contributed by atoms with E-state index in [0.29, 0.717) is 0 Å². The number of hydrogen-bond donors (Lipinski definition) is 2. The molecule has 1 fully saturated rings. The number of piperidine rings is 1. The summed E-state index contributed by atoms with van der Waals surface area (Å²) in [6.07, 6.45) is 7.51. The Morgan fingerprint density at radius 2 is 2.07 bits per heavy atom. The highest BCUT2D eigenvalue weighted by atomic mass is 32.1. The number of aromatic nitrogens is 3. The van der Waals surface area contributed by atoms with Crippen LogP contribution in [0.2, 0.25) is 0 Å². The first kappa shape index (κ1) is 22.7. The van der Waals surface area contributed by atoms with Gasteiger partial charge in [0, 0.05) is 37.5 Å². The van der Waals surface area contributed by atoms with Crippen molar-refractivity contribution in [1.82, 2.24) is 30.3 Å². The van der Waals surface area contributed by atoms with Gasteiger partial charge in [-0.1, -0.05) is 19.9 Å². The summed E-state index contributed by atoms with van der Waals surface area (Å²) in [6, 6.07) is 4.30. The maximum Gasteiger partial charge on any atom is 0.191 e. The van der Waals surface area contributed by atoms with E-state index in [9.17, 15) is 0 Å². The van der Waals surface area contributed by atoms with Crippen LogP contribution in [0.15, 0.2) is 28.8 Å². The second kappa shape index (κ2) is 12.7. The first-order chi connectivity index (χ1) is 14.7. The van der Waals surface area contributed by atoms with Crippen LogP contribution in [-0.4, -0.2) is 64.9 Å². The van der Waals surface area contributed by atoms with Crippen LogP contribution in [0.3, 0.4) is 0 Å².